The third-order valence-corrected chi connectivity index (χ3v) is 6.71. The predicted octanol–water partition coefficient (Wildman–Crippen LogP) is 3.60. The van der Waals surface area contributed by atoms with Crippen molar-refractivity contribution in [2.24, 2.45) is 0 Å². The normalized spacial score (nSPS) is 13.6. The molecule has 1 aromatic heterocycles. The number of rotatable bonds is 5. The van der Waals surface area contributed by atoms with Gasteiger partial charge < -0.3 is 9.80 Å². The van der Waals surface area contributed by atoms with Gasteiger partial charge in [-0.3, -0.25) is 19.3 Å². The molecule has 33 heavy (non-hydrogen) atoms. The molecule has 9 heteroatoms. The number of thiazole rings is 1. The maximum absolute atomic E-state index is 12.8. The average Bonchev–Trinajstić information content (AvgIpc) is 3.32. The van der Waals surface area contributed by atoms with E-state index in [1.807, 2.05) is 18.2 Å². The van der Waals surface area contributed by atoms with Gasteiger partial charge in [-0.05, 0) is 36.4 Å². The van der Waals surface area contributed by atoms with Crippen LogP contribution in [0.3, 0.4) is 0 Å². The number of amides is 3. The minimum Gasteiger partial charge on any atom is -0.339 e. The summed E-state index contributed by atoms with van der Waals surface area (Å²) in [4.78, 5) is 47.5. The Morgan fingerprint density at radius 3 is 2.24 bits per heavy atom. The first kappa shape index (κ1) is 22.9. The van der Waals surface area contributed by atoms with Gasteiger partial charge in [0.2, 0.25) is 5.91 Å². The molecule has 1 aliphatic rings. The Hall–Kier alpha value is -3.23. The van der Waals surface area contributed by atoms with Gasteiger partial charge in [-0.1, -0.05) is 29.8 Å². The zero-order valence-electron chi connectivity index (χ0n) is 18.1. The van der Waals surface area contributed by atoms with E-state index in [1.165, 1.54) is 16.2 Å². The topological polar surface area (TPSA) is 73.8 Å². The SMILES string of the molecule is CN(C(=O)c1ccc(Cl)cc1)c1nc(CC(=O)N2CCN(C(=O)c3ccccc3)CC2)cs1. The maximum atomic E-state index is 12.8. The molecular formula is C24H23ClN4O3S. The number of anilines is 1. The third kappa shape index (κ3) is 5.40. The second kappa shape index (κ2) is 10.1. The van der Waals surface area contributed by atoms with Crippen molar-refractivity contribution >= 4 is 45.8 Å². The van der Waals surface area contributed by atoms with Crippen molar-refractivity contribution in [1.82, 2.24) is 14.8 Å². The van der Waals surface area contributed by atoms with Gasteiger partial charge in [0.25, 0.3) is 11.8 Å². The lowest BCUT2D eigenvalue weighted by molar-refractivity contribution is -0.132. The van der Waals surface area contributed by atoms with Crippen molar-refractivity contribution < 1.29 is 14.4 Å². The van der Waals surface area contributed by atoms with E-state index in [2.05, 4.69) is 4.98 Å². The highest BCUT2D eigenvalue weighted by molar-refractivity contribution is 7.14. The zero-order chi connectivity index (χ0) is 23.4. The van der Waals surface area contributed by atoms with Crippen molar-refractivity contribution in [2.45, 2.75) is 6.42 Å². The molecule has 1 aliphatic heterocycles. The molecule has 7 nitrogen and oxygen atoms in total. The molecule has 3 amide bonds. The van der Waals surface area contributed by atoms with Crippen LogP contribution in [-0.4, -0.2) is 65.7 Å². The largest absolute Gasteiger partial charge is 0.339 e. The summed E-state index contributed by atoms with van der Waals surface area (Å²) in [6.45, 7) is 1.98. The molecule has 1 fully saturated rings. The molecule has 2 heterocycles. The number of carbonyl (C=O) groups excluding carboxylic acids is 3. The lowest BCUT2D eigenvalue weighted by Gasteiger charge is -2.34. The van der Waals surface area contributed by atoms with Gasteiger partial charge in [0.15, 0.2) is 5.13 Å². The summed E-state index contributed by atoms with van der Waals surface area (Å²) in [7, 11) is 1.66. The molecule has 0 spiro atoms. The average molecular weight is 483 g/mol. The number of carbonyl (C=O) groups is 3. The van der Waals surface area contributed by atoms with E-state index in [4.69, 9.17) is 11.6 Å². The minimum absolute atomic E-state index is 0.0137. The van der Waals surface area contributed by atoms with Gasteiger partial charge in [0, 0.05) is 54.8 Å². The van der Waals surface area contributed by atoms with E-state index in [0.29, 0.717) is 53.2 Å². The van der Waals surface area contributed by atoms with Crippen LogP contribution in [0, 0.1) is 0 Å². The number of halogens is 1. The van der Waals surface area contributed by atoms with Gasteiger partial charge in [0.05, 0.1) is 12.1 Å². The molecule has 0 radical (unpaired) electrons. The lowest BCUT2D eigenvalue weighted by atomic mass is 10.2. The van der Waals surface area contributed by atoms with Crippen LogP contribution in [0.1, 0.15) is 26.4 Å². The Kier molecular flexibility index (Phi) is 7.05. The number of aromatic nitrogens is 1. The minimum atomic E-state index is -0.196. The molecule has 3 aromatic rings. The summed E-state index contributed by atoms with van der Waals surface area (Å²) in [5.74, 6) is -0.247. The Bertz CT molecular complexity index is 1140. The second-order valence-electron chi connectivity index (χ2n) is 7.71. The highest BCUT2D eigenvalue weighted by Gasteiger charge is 2.25. The number of hydrogen-bond donors (Lipinski definition) is 0. The zero-order valence-corrected chi connectivity index (χ0v) is 19.7. The molecule has 4 rings (SSSR count). The van der Waals surface area contributed by atoms with Gasteiger partial charge in [-0.25, -0.2) is 4.98 Å². The van der Waals surface area contributed by atoms with Crippen LogP contribution in [0.4, 0.5) is 5.13 Å². The molecule has 0 bridgehead atoms. The number of piperazine rings is 1. The van der Waals surface area contributed by atoms with Crippen LogP contribution in [0.15, 0.2) is 60.0 Å². The highest BCUT2D eigenvalue weighted by atomic mass is 35.5. The van der Waals surface area contributed by atoms with E-state index < -0.39 is 0 Å². The van der Waals surface area contributed by atoms with Crippen LogP contribution in [-0.2, 0) is 11.2 Å². The Labute approximate surface area is 201 Å². The van der Waals surface area contributed by atoms with Crippen LogP contribution >= 0.6 is 22.9 Å². The maximum Gasteiger partial charge on any atom is 0.259 e. The van der Waals surface area contributed by atoms with Gasteiger partial charge in [-0.15, -0.1) is 11.3 Å². The first-order chi connectivity index (χ1) is 15.9. The van der Waals surface area contributed by atoms with E-state index >= 15 is 0 Å². The number of nitrogens with zero attached hydrogens (tertiary/aromatic N) is 4. The van der Waals surface area contributed by atoms with E-state index in [1.54, 1.807) is 58.6 Å². The summed E-state index contributed by atoms with van der Waals surface area (Å²) in [6, 6.07) is 15.8. The molecule has 0 N–H and O–H groups in total. The quantitative estimate of drug-likeness (QED) is 0.557. The fourth-order valence-corrected chi connectivity index (χ4v) is 4.51. The number of benzene rings is 2. The van der Waals surface area contributed by atoms with Gasteiger partial charge in [0.1, 0.15) is 0 Å². The third-order valence-electron chi connectivity index (χ3n) is 5.50. The van der Waals surface area contributed by atoms with E-state index in [0.717, 1.165) is 0 Å². The molecule has 0 atom stereocenters. The molecule has 0 unspecified atom stereocenters. The fourth-order valence-electron chi connectivity index (χ4n) is 3.59. The molecule has 1 saturated heterocycles. The monoisotopic (exact) mass is 482 g/mol. The smallest absolute Gasteiger partial charge is 0.259 e. The molecule has 0 aliphatic carbocycles. The van der Waals surface area contributed by atoms with Crippen molar-refractivity contribution in [3.05, 3.63) is 81.8 Å². The Balaban J connectivity index is 1.31. The summed E-state index contributed by atoms with van der Waals surface area (Å²) >= 11 is 7.21. The van der Waals surface area contributed by atoms with Crippen molar-refractivity contribution in [1.29, 1.82) is 0 Å². The Morgan fingerprint density at radius 1 is 0.939 bits per heavy atom. The number of hydrogen-bond acceptors (Lipinski definition) is 5. The van der Waals surface area contributed by atoms with Crippen LogP contribution in [0.5, 0.6) is 0 Å². The summed E-state index contributed by atoms with van der Waals surface area (Å²) in [6.07, 6.45) is 0.159. The van der Waals surface area contributed by atoms with E-state index in [-0.39, 0.29) is 24.1 Å². The van der Waals surface area contributed by atoms with Crippen molar-refractivity contribution in [3.8, 4) is 0 Å². The van der Waals surface area contributed by atoms with Crippen molar-refractivity contribution in [3.63, 3.8) is 0 Å². The predicted molar refractivity (Wildman–Crippen MR) is 129 cm³/mol. The van der Waals surface area contributed by atoms with E-state index in [9.17, 15) is 14.4 Å². The molecule has 2 aromatic carbocycles. The first-order valence-corrected chi connectivity index (χ1v) is 11.8. The Morgan fingerprint density at radius 2 is 1.58 bits per heavy atom. The fraction of sp³-hybridized carbons (Fsp3) is 0.250. The molecule has 170 valence electrons. The second-order valence-corrected chi connectivity index (χ2v) is 8.98. The highest BCUT2D eigenvalue weighted by Crippen LogP contribution is 2.22. The van der Waals surface area contributed by atoms with Gasteiger partial charge in [-0.2, -0.15) is 0 Å². The lowest BCUT2D eigenvalue weighted by Crippen LogP contribution is -2.51. The first-order valence-electron chi connectivity index (χ1n) is 10.5. The summed E-state index contributed by atoms with van der Waals surface area (Å²) in [5, 5.41) is 2.89. The molecule has 0 saturated carbocycles. The molecular weight excluding hydrogens is 460 g/mol. The summed E-state index contributed by atoms with van der Waals surface area (Å²) < 4.78 is 0. The standard InChI is InChI=1S/C24H23ClN4O3S/c1-27(22(31)18-7-9-19(25)10-8-18)24-26-20(16-33-24)15-21(30)28-11-13-29(14-12-28)23(32)17-5-3-2-4-6-17/h2-10,16H,11-15H2,1H3. The van der Waals surface area contributed by atoms with Crippen LogP contribution in [0.25, 0.3) is 0 Å². The van der Waals surface area contributed by atoms with Gasteiger partial charge >= 0.3 is 0 Å². The van der Waals surface area contributed by atoms with Crippen molar-refractivity contribution in [2.75, 3.05) is 38.1 Å². The van der Waals surface area contributed by atoms with Crippen LogP contribution < -0.4 is 4.90 Å². The van der Waals surface area contributed by atoms with Crippen LogP contribution in [0.2, 0.25) is 5.02 Å². The summed E-state index contributed by atoms with van der Waals surface area (Å²) in [5.41, 5.74) is 1.79.